The number of rotatable bonds is 10. The van der Waals surface area contributed by atoms with Crippen molar-refractivity contribution in [1.82, 2.24) is 4.90 Å². The van der Waals surface area contributed by atoms with Crippen LogP contribution in [0.5, 0.6) is 0 Å². The van der Waals surface area contributed by atoms with Crippen molar-refractivity contribution < 1.29 is 4.74 Å². The van der Waals surface area contributed by atoms with Crippen LogP contribution in [0.2, 0.25) is 0 Å². The highest BCUT2D eigenvalue weighted by Gasteiger charge is 2.20. The van der Waals surface area contributed by atoms with E-state index in [1.165, 1.54) is 56.2 Å². The monoisotopic (exact) mass is 399 g/mol. The largest absolute Gasteiger partial charge is 0.379 e. The zero-order valence-electron chi connectivity index (χ0n) is 18.0. The van der Waals surface area contributed by atoms with Gasteiger partial charge in [0, 0.05) is 22.8 Å². The fraction of sp³-hybridized carbons (Fsp3) is 0.600. The predicted molar refractivity (Wildman–Crippen MR) is 122 cm³/mol. The van der Waals surface area contributed by atoms with Gasteiger partial charge in [-0.3, -0.25) is 4.90 Å². The summed E-state index contributed by atoms with van der Waals surface area (Å²) in [5, 5.41) is 0. The molecule has 0 N–H and O–H groups in total. The molecule has 1 fully saturated rings. The maximum atomic E-state index is 5.46. The molecule has 1 aliphatic heterocycles. The number of hydrogen-bond acceptors (Lipinski definition) is 3. The number of hydrogen-bond donors (Lipinski definition) is 0. The van der Waals surface area contributed by atoms with Gasteiger partial charge < -0.3 is 4.74 Å². The van der Waals surface area contributed by atoms with Gasteiger partial charge in [0.15, 0.2) is 0 Å². The summed E-state index contributed by atoms with van der Waals surface area (Å²) in [5.41, 5.74) is 3.22. The van der Waals surface area contributed by atoms with Crippen molar-refractivity contribution in [3.8, 4) is 0 Å². The molecule has 1 aliphatic rings. The molecule has 1 saturated heterocycles. The highest BCUT2D eigenvalue weighted by Crippen LogP contribution is 2.30. The molecule has 2 aromatic rings. The van der Waals surface area contributed by atoms with Crippen LogP contribution in [0.3, 0.4) is 0 Å². The maximum Gasteiger partial charge on any atom is 0.0594 e. The fourth-order valence-electron chi connectivity index (χ4n) is 3.78. The molecule has 3 heteroatoms. The molecule has 0 atom stereocenters. The molecule has 0 amide bonds. The second kappa shape index (κ2) is 10.6. The van der Waals surface area contributed by atoms with Crippen LogP contribution in [0.25, 0.3) is 0 Å². The third-order valence-corrected chi connectivity index (χ3v) is 7.19. The average Bonchev–Trinajstić information content (AvgIpc) is 3.15. The zero-order valence-corrected chi connectivity index (χ0v) is 18.8. The minimum absolute atomic E-state index is 0.411. The van der Waals surface area contributed by atoms with Gasteiger partial charge in [-0.25, -0.2) is 0 Å². The van der Waals surface area contributed by atoms with E-state index in [1.54, 1.807) is 9.75 Å². The van der Waals surface area contributed by atoms with E-state index in [0.717, 1.165) is 26.3 Å². The Balaban J connectivity index is 1.36. The molecule has 154 valence electrons. The maximum absolute atomic E-state index is 5.46. The summed E-state index contributed by atoms with van der Waals surface area (Å²) in [5.74, 6) is 0. The van der Waals surface area contributed by atoms with E-state index in [4.69, 9.17) is 4.74 Å². The number of aryl methyl sites for hydroxylation is 4. The summed E-state index contributed by atoms with van der Waals surface area (Å²) in [7, 11) is 0. The number of thiophene rings is 1. The van der Waals surface area contributed by atoms with Gasteiger partial charge in [0.2, 0.25) is 0 Å². The Kier molecular flexibility index (Phi) is 8.13. The minimum Gasteiger partial charge on any atom is -0.379 e. The van der Waals surface area contributed by atoms with Gasteiger partial charge in [-0.2, -0.15) is 0 Å². The molecule has 2 nitrogen and oxygen atoms in total. The summed E-state index contributed by atoms with van der Waals surface area (Å²) in [6.07, 6.45) is 7.41. The summed E-state index contributed by atoms with van der Waals surface area (Å²) >= 11 is 2.03. The molecule has 0 spiro atoms. The van der Waals surface area contributed by atoms with Crippen molar-refractivity contribution in [2.75, 3.05) is 32.8 Å². The van der Waals surface area contributed by atoms with Crippen LogP contribution in [-0.4, -0.2) is 37.7 Å². The first kappa shape index (κ1) is 21.5. The van der Waals surface area contributed by atoms with Crippen LogP contribution < -0.4 is 0 Å². The lowest BCUT2D eigenvalue weighted by atomic mass is 9.84. The summed E-state index contributed by atoms with van der Waals surface area (Å²) in [6.45, 7) is 12.3. The molecule has 1 aromatic carbocycles. The fourth-order valence-corrected chi connectivity index (χ4v) is 4.84. The van der Waals surface area contributed by atoms with E-state index in [1.807, 2.05) is 11.3 Å². The lowest BCUT2D eigenvalue weighted by Gasteiger charge is -2.31. The standard InChI is InChI=1S/C25H37NOS/c1-21-7-9-22(10-8-21)5-4-6-23-11-12-24(28-23)13-14-25(2,3)15-16-26-17-19-27-20-18-26/h7-12H,4-6,13-20H2,1-3H3. The number of benzene rings is 1. The normalized spacial score (nSPS) is 15.8. The van der Waals surface area contributed by atoms with E-state index in [-0.39, 0.29) is 0 Å². The van der Waals surface area contributed by atoms with E-state index in [2.05, 4.69) is 62.1 Å². The predicted octanol–water partition coefficient (Wildman–Crippen LogP) is 5.91. The van der Waals surface area contributed by atoms with E-state index < -0.39 is 0 Å². The second-order valence-corrected chi connectivity index (χ2v) is 10.3. The molecule has 0 radical (unpaired) electrons. The molecular formula is C25H37NOS. The molecular weight excluding hydrogens is 362 g/mol. The molecule has 0 saturated carbocycles. The van der Waals surface area contributed by atoms with Crippen molar-refractivity contribution in [1.29, 1.82) is 0 Å². The summed E-state index contributed by atoms with van der Waals surface area (Å²) in [6, 6.07) is 13.7. The number of morpholine rings is 1. The van der Waals surface area contributed by atoms with Crippen molar-refractivity contribution in [3.05, 3.63) is 57.3 Å². The number of ether oxygens (including phenoxy) is 1. The first-order chi connectivity index (χ1) is 13.5. The Morgan fingerprint density at radius 1 is 0.893 bits per heavy atom. The minimum atomic E-state index is 0.411. The van der Waals surface area contributed by atoms with Gasteiger partial charge >= 0.3 is 0 Å². The Morgan fingerprint density at radius 3 is 2.29 bits per heavy atom. The molecule has 0 bridgehead atoms. The lowest BCUT2D eigenvalue weighted by Crippen LogP contribution is -2.38. The Labute approximate surface area is 175 Å². The Morgan fingerprint density at radius 2 is 1.57 bits per heavy atom. The van der Waals surface area contributed by atoms with E-state index in [0.29, 0.717) is 5.41 Å². The van der Waals surface area contributed by atoms with Crippen LogP contribution in [0, 0.1) is 12.3 Å². The van der Waals surface area contributed by atoms with Gasteiger partial charge in [0.25, 0.3) is 0 Å². The quantitative estimate of drug-likeness (QED) is 0.492. The smallest absolute Gasteiger partial charge is 0.0594 e. The first-order valence-electron chi connectivity index (χ1n) is 10.9. The molecule has 2 heterocycles. The lowest BCUT2D eigenvalue weighted by molar-refractivity contribution is 0.0323. The highest BCUT2D eigenvalue weighted by atomic mass is 32.1. The van der Waals surface area contributed by atoms with Gasteiger partial charge in [-0.05, 0) is 75.1 Å². The third kappa shape index (κ3) is 7.35. The number of nitrogens with zero attached hydrogens (tertiary/aromatic N) is 1. The van der Waals surface area contributed by atoms with Crippen LogP contribution in [0.4, 0.5) is 0 Å². The van der Waals surface area contributed by atoms with Crippen molar-refractivity contribution in [3.63, 3.8) is 0 Å². The molecule has 0 aliphatic carbocycles. The molecule has 0 unspecified atom stereocenters. The van der Waals surface area contributed by atoms with E-state index >= 15 is 0 Å². The SMILES string of the molecule is Cc1ccc(CCCc2ccc(CCC(C)(C)CCN3CCOCC3)s2)cc1. The Hall–Kier alpha value is -1.16. The van der Waals surface area contributed by atoms with Crippen molar-refractivity contribution in [2.24, 2.45) is 5.41 Å². The summed E-state index contributed by atoms with van der Waals surface area (Å²) < 4.78 is 5.46. The van der Waals surface area contributed by atoms with E-state index in [9.17, 15) is 0 Å². The molecule has 3 rings (SSSR count). The first-order valence-corrected chi connectivity index (χ1v) is 11.8. The van der Waals surface area contributed by atoms with Gasteiger partial charge in [0.1, 0.15) is 0 Å². The third-order valence-electron chi connectivity index (χ3n) is 5.98. The Bertz CT molecular complexity index is 698. The van der Waals surface area contributed by atoms with Crippen LogP contribution >= 0.6 is 11.3 Å². The van der Waals surface area contributed by atoms with Crippen LogP contribution in [0.15, 0.2) is 36.4 Å². The van der Waals surface area contributed by atoms with Gasteiger partial charge in [-0.15, -0.1) is 11.3 Å². The van der Waals surface area contributed by atoms with Crippen molar-refractivity contribution >= 4 is 11.3 Å². The average molecular weight is 400 g/mol. The second-order valence-electron chi connectivity index (χ2n) is 9.08. The summed E-state index contributed by atoms with van der Waals surface area (Å²) in [4.78, 5) is 5.67. The molecule has 1 aromatic heterocycles. The highest BCUT2D eigenvalue weighted by molar-refractivity contribution is 7.11. The van der Waals surface area contributed by atoms with Crippen LogP contribution in [-0.2, 0) is 24.0 Å². The van der Waals surface area contributed by atoms with Gasteiger partial charge in [0.05, 0.1) is 13.2 Å². The van der Waals surface area contributed by atoms with Gasteiger partial charge in [-0.1, -0.05) is 43.7 Å². The van der Waals surface area contributed by atoms with Crippen molar-refractivity contribution in [2.45, 2.75) is 59.3 Å². The van der Waals surface area contributed by atoms with Crippen LogP contribution in [0.1, 0.15) is 54.0 Å². The zero-order chi connectivity index (χ0) is 19.8. The molecule has 28 heavy (non-hydrogen) atoms. The topological polar surface area (TPSA) is 12.5 Å².